The molecule has 0 radical (unpaired) electrons. The molecule has 2 aromatic carbocycles. The zero-order valence-electron chi connectivity index (χ0n) is 11.3. The van der Waals surface area contributed by atoms with Crippen molar-refractivity contribution in [2.45, 2.75) is 0 Å². The van der Waals surface area contributed by atoms with E-state index < -0.39 is 0 Å². The number of hydrogen-bond acceptors (Lipinski definition) is 2. The molecular formula is C16H12Cl2N2OS. The van der Waals surface area contributed by atoms with Crippen molar-refractivity contribution in [3.05, 3.63) is 70.2 Å². The molecule has 3 nitrogen and oxygen atoms in total. The first-order valence-electron chi connectivity index (χ1n) is 6.35. The van der Waals surface area contributed by atoms with Crippen LogP contribution in [0.1, 0.15) is 5.56 Å². The minimum absolute atomic E-state index is 0.145. The molecule has 0 aliphatic carbocycles. The molecule has 1 amide bonds. The molecule has 2 aromatic rings. The Morgan fingerprint density at radius 1 is 1.05 bits per heavy atom. The Labute approximate surface area is 143 Å². The van der Waals surface area contributed by atoms with Crippen LogP contribution in [0.5, 0.6) is 0 Å². The first kappa shape index (κ1) is 16.5. The SMILES string of the molecule is O=C(/C=C/c1ccccc1)NC(=S)Nc1cccc(Cl)c1Cl. The van der Waals surface area contributed by atoms with Crippen molar-refractivity contribution >= 4 is 58.2 Å². The number of benzene rings is 2. The van der Waals surface area contributed by atoms with Crippen molar-refractivity contribution in [3.8, 4) is 0 Å². The zero-order chi connectivity index (χ0) is 15.9. The summed E-state index contributed by atoms with van der Waals surface area (Å²) in [5, 5.41) is 6.27. The third-order valence-electron chi connectivity index (χ3n) is 2.66. The summed E-state index contributed by atoms with van der Waals surface area (Å²) < 4.78 is 0. The fourth-order valence-electron chi connectivity index (χ4n) is 1.64. The van der Waals surface area contributed by atoms with Crippen LogP contribution in [0.3, 0.4) is 0 Å². The Morgan fingerprint density at radius 3 is 2.50 bits per heavy atom. The maximum atomic E-state index is 11.8. The largest absolute Gasteiger partial charge is 0.331 e. The molecule has 0 aliphatic heterocycles. The van der Waals surface area contributed by atoms with Gasteiger partial charge in [-0.25, -0.2) is 0 Å². The van der Waals surface area contributed by atoms with E-state index in [0.717, 1.165) is 5.56 Å². The first-order valence-corrected chi connectivity index (χ1v) is 7.52. The van der Waals surface area contributed by atoms with Crippen LogP contribution < -0.4 is 10.6 Å². The molecule has 0 atom stereocenters. The third kappa shape index (κ3) is 4.84. The highest BCUT2D eigenvalue weighted by Gasteiger charge is 2.07. The molecule has 0 saturated carbocycles. The molecule has 0 fully saturated rings. The molecule has 0 unspecified atom stereocenters. The van der Waals surface area contributed by atoms with Crippen LogP contribution in [-0.2, 0) is 4.79 Å². The number of nitrogens with one attached hydrogen (secondary N) is 2. The van der Waals surface area contributed by atoms with Crippen LogP contribution >= 0.6 is 35.4 Å². The molecule has 2 rings (SSSR count). The van der Waals surface area contributed by atoms with Gasteiger partial charge in [-0.3, -0.25) is 10.1 Å². The summed E-state index contributed by atoms with van der Waals surface area (Å²) in [6.45, 7) is 0. The van der Waals surface area contributed by atoms with Crippen molar-refractivity contribution < 1.29 is 4.79 Å². The fraction of sp³-hybridized carbons (Fsp3) is 0. The van der Waals surface area contributed by atoms with Gasteiger partial charge in [-0.2, -0.15) is 0 Å². The molecule has 22 heavy (non-hydrogen) atoms. The van der Waals surface area contributed by atoms with E-state index in [-0.39, 0.29) is 11.0 Å². The van der Waals surface area contributed by atoms with E-state index in [4.69, 9.17) is 35.4 Å². The highest BCUT2D eigenvalue weighted by Crippen LogP contribution is 2.29. The smallest absolute Gasteiger partial charge is 0.250 e. The second-order valence-corrected chi connectivity index (χ2v) is 5.48. The molecular weight excluding hydrogens is 339 g/mol. The van der Waals surface area contributed by atoms with E-state index in [1.807, 2.05) is 30.3 Å². The summed E-state index contributed by atoms with van der Waals surface area (Å²) in [7, 11) is 0. The van der Waals surface area contributed by atoms with E-state index >= 15 is 0 Å². The number of rotatable bonds is 3. The van der Waals surface area contributed by atoms with Crippen LogP contribution in [0.2, 0.25) is 10.0 Å². The van der Waals surface area contributed by atoms with Gasteiger partial charge in [0.15, 0.2) is 5.11 Å². The quantitative estimate of drug-likeness (QED) is 0.631. The van der Waals surface area contributed by atoms with Gasteiger partial charge in [0, 0.05) is 6.08 Å². The average Bonchev–Trinajstić information content (AvgIpc) is 2.51. The number of carbonyl (C=O) groups is 1. The second kappa shape index (κ2) is 7.94. The van der Waals surface area contributed by atoms with Gasteiger partial charge in [-0.05, 0) is 36.0 Å². The Kier molecular flexibility index (Phi) is 5.95. The zero-order valence-corrected chi connectivity index (χ0v) is 13.7. The van der Waals surface area contributed by atoms with Crippen molar-refractivity contribution in [2.24, 2.45) is 0 Å². The predicted molar refractivity (Wildman–Crippen MR) is 96.3 cm³/mol. The Hall–Kier alpha value is -1.88. The molecule has 2 N–H and O–H groups in total. The van der Waals surface area contributed by atoms with Crippen molar-refractivity contribution in [1.29, 1.82) is 0 Å². The normalized spacial score (nSPS) is 10.5. The van der Waals surface area contributed by atoms with Crippen molar-refractivity contribution in [3.63, 3.8) is 0 Å². The topological polar surface area (TPSA) is 41.1 Å². The maximum Gasteiger partial charge on any atom is 0.250 e. The number of halogens is 2. The second-order valence-electron chi connectivity index (χ2n) is 4.29. The van der Waals surface area contributed by atoms with E-state index in [0.29, 0.717) is 15.7 Å². The summed E-state index contributed by atoms with van der Waals surface area (Å²) in [5.41, 5.74) is 1.46. The summed E-state index contributed by atoms with van der Waals surface area (Å²) in [6, 6.07) is 14.6. The average molecular weight is 351 g/mol. The number of amides is 1. The lowest BCUT2D eigenvalue weighted by Crippen LogP contribution is -2.32. The molecule has 112 valence electrons. The Morgan fingerprint density at radius 2 is 1.77 bits per heavy atom. The van der Waals surface area contributed by atoms with E-state index in [2.05, 4.69) is 10.6 Å². The monoisotopic (exact) mass is 350 g/mol. The van der Waals surface area contributed by atoms with Gasteiger partial charge in [-0.15, -0.1) is 0 Å². The highest BCUT2D eigenvalue weighted by molar-refractivity contribution is 7.80. The molecule has 0 saturated heterocycles. The summed E-state index contributed by atoms with van der Waals surface area (Å²) in [5.74, 6) is -0.334. The molecule has 0 heterocycles. The molecule has 6 heteroatoms. The number of carbonyl (C=O) groups excluding carboxylic acids is 1. The van der Waals surface area contributed by atoms with Crippen LogP contribution in [0.25, 0.3) is 6.08 Å². The maximum absolute atomic E-state index is 11.8. The molecule has 0 bridgehead atoms. The fourth-order valence-corrected chi connectivity index (χ4v) is 2.20. The lowest BCUT2D eigenvalue weighted by Gasteiger charge is -2.10. The molecule has 0 aromatic heterocycles. The van der Waals surface area contributed by atoms with E-state index in [1.54, 1.807) is 24.3 Å². The van der Waals surface area contributed by atoms with Gasteiger partial charge in [0.1, 0.15) is 0 Å². The summed E-state index contributed by atoms with van der Waals surface area (Å²) in [6.07, 6.45) is 3.10. The van der Waals surface area contributed by atoms with Crippen LogP contribution in [0.4, 0.5) is 5.69 Å². The first-order chi connectivity index (χ1) is 10.6. The lowest BCUT2D eigenvalue weighted by atomic mass is 10.2. The van der Waals surface area contributed by atoms with Crippen molar-refractivity contribution in [2.75, 3.05) is 5.32 Å². The number of hydrogen-bond donors (Lipinski definition) is 2. The molecule has 0 spiro atoms. The Balaban J connectivity index is 1.93. The standard InChI is InChI=1S/C16H12Cl2N2OS/c17-12-7-4-8-13(15(12)18)19-16(22)20-14(21)10-9-11-5-2-1-3-6-11/h1-10H,(H2,19,20,21,22)/b10-9+. The third-order valence-corrected chi connectivity index (χ3v) is 3.69. The lowest BCUT2D eigenvalue weighted by molar-refractivity contribution is -0.115. The van der Waals surface area contributed by atoms with Gasteiger partial charge in [0.2, 0.25) is 5.91 Å². The minimum atomic E-state index is -0.334. The number of thiocarbonyl (C=S) groups is 1. The van der Waals surface area contributed by atoms with Crippen LogP contribution in [-0.4, -0.2) is 11.0 Å². The number of anilines is 1. The van der Waals surface area contributed by atoms with Gasteiger partial charge in [0.25, 0.3) is 0 Å². The van der Waals surface area contributed by atoms with E-state index in [1.165, 1.54) is 6.08 Å². The van der Waals surface area contributed by atoms with E-state index in [9.17, 15) is 4.79 Å². The molecule has 0 aliphatic rings. The van der Waals surface area contributed by atoms with Gasteiger partial charge in [-0.1, -0.05) is 59.6 Å². The summed E-state index contributed by atoms with van der Waals surface area (Å²) >= 11 is 17.0. The highest BCUT2D eigenvalue weighted by atomic mass is 35.5. The van der Waals surface area contributed by atoms with Crippen molar-refractivity contribution in [1.82, 2.24) is 5.32 Å². The van der Waals surface area contributed by atoms with Gasteiger partial charge in [0.05, 0.1) is 15.7 Å². The predicted octanol–water partition coefficient (Wildman–Crippen LogP) is 4.52. The Bertz CT molecular complexity index is 717. The van der Waals surface area contributed by atoms with Gasteiger partial charge >= 0.3 is 0 Å². The minimum Gasteiger partial charge on any atom is -0.331 e. The van der Waals surface area contributed by atoms with Crippen LogP contribution in [0, 0.1) is 0 Å². The summed E-state index contributed by atoms with van der Waals surface area (Å²) in [4.78, 5) is 11.8. The van der Waals surface area contributed by atoms with Crippen LogP contribution in [0.15, 0.2) is 54.6 Å². The van der Waals surface area contributed by atoms with Gasteiger partial charge < -0.3 is 5.32 Å².